The van der Waals surface area contributed by atoms with Crippen molar-refractivity contribution in [1.82, 2.24) is 9.97 Å². The van der Waals surface area contributed by atoms with Gasteiger partial charge in [-0.15, -0.1) is 0 Å². The molecule has 0 aromatic carbocycles. The molecule has 5 heteroatoms. The molecule has 0 amide bonds. The van der Waals surface area contributed by atoms with Gasteiger partial charge in [0.05, 0.1) is 22.9 Å². The van der Waals surface area contributed by atoms with Crippen LogP contribution in [0.4, 0.5) is 5.82 Å². The quantitative estimate of drug-likeness (QED) is 0.816. The molecule has 0 aliphatic heterocycles. The number of aromatic nitrogens is 2. The minimum absolute atomic E-state index is 0.227. The maximum absolute atomic E-state index is 9.00. The lowest BCUT2D eigenvalue weighted by Gasteiger charge is -2.09. The van der Waals surface area contributed by atoms with E-state index in [2.05, 4.69) is 28.3 Å². The third kappa shape index (κ3) is 1.86. The number of hydrogen-bond acceptors (Lipinski definition) is 4. The van der Waals surface area contributed by atoms with Crippen molar-refractivity contribution < 1.29 is 0 Å². The Labute approximate surface area is 99.0 Å². The molecule has 2 rings (SSSR count). The first-order valence-corrected chi connectivity index (χ1v) is 5.55. The Morgan fingerprint density at radius 3 is 3.06 bits per heavy atom. The molecule has 0 unspecified atom stereocenters. The maximum atomic E-state index is 9.00. The first kappa shape index (κ1) is 10.9. The van der Waals surface area contributed by atoms with Crippen LogP contribution in [-0.4, -0.2) is 16.5 Å². The second-order valence-corrected chi connectivity index (χ2v) is 3.86. The molecule has 0 radical (unpaired) electrons. The highest BCUT2D eigenvalue weighted by atomic mass is 35.5. The minimum atomic E-state index is 0.227. The molecule has 1 N–H and O–H groups in total. The predicted molar refractivity (Wildman–Crippen MR) is 63.1 cm³/mol. The molecule has 0 bridgehead atoms. The normalized spacial score (nSPS) is 12.9. The Morgan fingerprint density at radius 2 is 2.38 bits per heavy atom. The van der Waals surface area contributed by atoms with Gasteiger partial charge in [-0.05, 0) is 18.0 Å². The van der Waals surface area contributed by atoms with Crippen LogP contribution in [0.1, 0.15) is 24.6 Å². The largest absolute Gasteiger partial charge is 0.369 e. The molecular formula is C11H11ClN4. The molecule has 4 nitrogen and oxygen atoms in total. The summed E-state index contributed by atoms with van der Waals surface area (Å²) in [6, 6.07) is 2.15. The second kappa shape index (κ2) is 4.50. The lowest BCUT2D eigenvalue weighted by atomic mass is 10.1. The van der Waals surface area contributed by atoms with Crippen LogP contribution in [-0.2, 0) is 6.42 Å². The van der Waals surface area contributed by atoms with Gasteiger partial charge in [0.2, 0.25) is 5.28 Å². The maximum Gasteiger partial charge on any atom is 0.224 e. The van der Waals surface area contributed by atoms with E-state index < -0.39 is 0 Å². The molecular weight excluding hydrogens is 224 g/mol. The highest BCUT2D eigenvalue weighted by Gasteiger charge is 2.21. The average Bonchev–Trinajstić information content (AvgIpc) is 2.68. The number of nitrogens with one attached hydrogen (secondary N) is 1. The zero-order valence-electron chi connectivity index (χ0n) is 8.92. The van der Waals surface area contributed by atoms with E-state index in [4.69, 9.17) is 16.9 Å². The summed E-state index contributed by atoms with van der Waals surface area (Å²) in [6.45, 7) is 2.87. The summed E-state index contributed by atoms with van der Waals surface area (Å²) in [7, 11) is 0. The summed E-state index contributed by atoms with van der Waals surface area (Å²) in [5, 5.41) is 12.4. The lowest BCUT2D eigenvalue weighted by molar-refractivity contribution is 0.957. The Morgan fingerprint density at radius 1 is 1.56 bits per heavy atom. The number of hydrogen-bond donors (Lipinski definition) is 1. The summed E-state index contributed by atoms with van der Waals surface area (Å²) in [5.74, 6) is 0.669. The monoisotopic (exact) mass is 234 g/mol. The van der Waals surface area contributed by atoms with Crippen molar-refractivity contribution in [3.63, 3.8) is 0 Å². The number of fused-ring (bicyclic) bond motifs is 1. The van der Waals surface area contributed by atoms with Crippen molar-refractivity contribution in [3.05, 3.63) is 22.6 Å². The summed E-state index contributed by atoms with van der Waals surface area (Å²) < 4.78 is 0. The Balaban J connectivity index is 2.44. The summed E-state index contributed by atoms with van der Waals surface area (Å²) >= 11 is 5.83. The number of rotatable bonds is 3. The SMILES string of the molecule is CCCNc1nc(Cl)nc2c1C(C#N)=CC2. The average molecular weight is 235 g/mol. The number of nitriles is 1. The van der Waals surface area contributed by atoms with Crippen LogP contribution >= 0.6 is 11.6 Å². The van der Waals surface area contributed by atoms with Crippen LogP contribution in [0.5, 0.6) is 0 Å². The molecule has 16 heavy (non-hydrogen) atoms. The molecule has 0 atom stereocenters. The van der Waals surface area contributed by atoms with Crippen molar-refractivity contribution in [2.24, 2.45) is 0 Å². The summed E-state index contributed by atoms with van der Waals surface area (Å²) in [4.78, 5) is 8.26. The van der Waals surface area contributed by atoms with Gasteiger partial charge < -0.3 is 5.32 Å². The van der Waals surface area contributed by atoms with Crippen LogP contribution in [0.15, 0.2) is 6.08 Å². The molecule has 1 heterocycles. The molecule has 0 saturated carbocycles. The van der Waals surface area contributed by atoms with E-state index >= 15 is 0 Å². The zero-order chi connectivity index (χ0) is 11.5. The Hall–Kier alpha value is -1.60. The molecule has 1 aromatic heterocycles. The Bertz CT molecular complexity index is 487. The van der Waals surface area contributed by atoms with Crippen molar-refractivity contribution in [3.8, 4) is 6.07 Å². The third-order valence-electron chi connectivity index (χ3n) is 2.39. The van der Waals surface area contributed by atoms with Gasteiger partial charge >= 0.3 is 0 Å². The van der Waals surface area contributed by atoms with Crippen LogP contribution in [0.3, 0.4) is 0 Å². The van der Waals surface area contributed by atoms with Crippen molar-refractivity contribution in [2.75, 3.05) is 11.9 Å². The van der Waals surface area contributed by atoms with Gasteiger partial charge in [-0.2, -0.15) is 5.26 Å². The van der Waals surface area contributed by atoms with Crippen LogP contribution in [0, 0.1) is 11.3 Å². The van der Waals surface area contributed by atoms with Crippen LogP contribution < -0.4 is 5.32 Å². The van der Waals surface area contributed by atoms with Crippen LogP contribution in [0.2, 0.25) is 5.28 Å². The standard InChI is InChI=1S/C11H11ClN4/c1-2-5-14-10-9-7(6-13)3-4-8(9)15-11(12)16-10/h3H,2,4-5H2,1H3,(H,14,15,16). The van der Waals surface area contributed by atoms with E-state index in [-0.39, 0.29) is 5.28 Å². The summed E-state index contributed by atoms with van der Waals surface area (Å²) in [5.41, 5.74) is 2.26. The molecule has 0 saturated heterocycles. The van der Waals surface area contributed by atoms with Gasteiger partial charge in [0, 0.05) is 13.0 Å². The van der Waals surface area contributed by atoms with Crippen molar-refractivity contribution in [1.29, 1.82) is 5.26 Å². The van der Waals surface area contributed by atoms with Crippen LogP contribution in [0.25, 0.3) is 5.57 Å². The van der Waals surface area contributed by atoms with Gasteiger partial charge in [-0.3, -0.25) is 0 Å². The fourth-order valence-corrected chi connectivity index (χ4v) is 1.87. The first-order valence-electron chi connectivity index (χ1n) is 5.17. The van der Waals surface area contributed by atoms with E-state index in [0.29, 0.717) is 17.8 Å². The molecule has 1 aromatic rings. The summed E-state index contributed by atoms with van der Waals surface area (Å²) in [6.07, 6.45) is 3.50. The Kier molecular flexibility index (Phi) is 3.07. The molecule has 0 fully saturated rings. The minimum Gasteiger partial charge on any atom is -0.369 e. The number of halogens is 1. The van der Waals surface area contributed by atoms with Gasteiger partial charge in [0.25, 0.3) is 0 Å². The van der Waals surface area contributed by atoms with E-state index in [1.165, 1.54) is 0 Å². The number of allylic oxidation sites excluding steroid dienone is 2. The number of nitrogens with zero attached hydrogens (tertiary/aromatic N) is 3. The van der Waals surface area contributed by atoms with E-state index in [9.17, 15) is 0 Å². The highest BCUT2D eigenvalue weighted by Crippen LogP contribution is 2.31. The van der Waals surface area contributed by atoms with E-state index in [1.54, 1.807) is 0 Å². The van der Waals surface area contributed by atoms with Gasteiger partial charge in [0.1, 0.15) is 5.82 Å². The topological polar surface area (TPSA) is 61.6 Å². The van der Waals surface area contributed by atoms with Crippen molar-refractivity contribution in [2.45, 2.75) is 19.8 Å². The molecule has 1 aliphatic carbocycles. The molecule has 82 valence electrons. The van der Waals surface area contributed by atoms with E-state index in [1.807, 2.05) is 6.08 Å². The van der Waals surface area contributed by atoms with Crippen molar-refractivity contribution >= 4 is 23.0 Å². The fraction of sp³-hybridized carbons (Fsp3) is 0.364. The zero-order valence-corrected chi connectivity index (χ0v) is 9.67. The smallest absolute Gasteiger partial charge is 0.224 e. The van der Waals surface area contributed by atoms with Gasteiger partial charge in [-0.1, -0.05) is 13.0 Å². The fourth-order valence-electron chi connectivity index (χ4n) is 1.68. The predicted octanol–water partition coefficient (Wildman–Crippen LogP) is 2.41. The lowest BCUT2D eigenvalue weighted by Crippen LogP contribution is -2.07. The van der Waals surface area contributed by atoms with Gasteiger partial charge in [-0.25, -0.2) is 9.97 Å². The molecule has 1 aliphatic rings. The highest BCUT2D eigenvalue weighted by molar-refractivity contribution is 6.28. The second-order valence-electron chi connectivity index (χ2n) is 3.52. The molecule has 0 spiro atoms. The number of anilines is 1. The van der Waals surface area contributed by atoms with Gasteiger partial charge in [0.15, 0.2) is 0 Å². The van der Waals surface area contributed by atoms with E-state index in [0.717, 1.165) is 24.2 Å². The first-order chi connectivity index (χ1) is 7.76. The third-order valence-corrected chi connectivity index (χ3v) is 2.56.